The van der Waals surface area contributed by atoms with Crippen LogP contribution in [0.4, 0.5) is 0 Å². The van der Waals surface area contributed by atoms with Gasteiger partial charge in [0, 0.05) is 25.1 Å². The molecule has 2 aromatic rings. The molecule has 1 aliphatic heterocycles. The highest BCUT2D eigenvalue weighted by Crippen LogP contribution is 2.33. The lowest BCUT2D eigenvalue weighted by atomic mass is 9.90. The minimum Gasteiger partial charge on any atom is -0.494 e. The zero-order valence-electron chi connectivity index (χ0n) is 20.1. The molecule has 1 aliphatic rings. The maximum atomic E-state index is 13.3. The van der Waals surface area contributed by atoms with E-state index in [2.05, 4.69) is 15.8 Å². The molecule has 9 nitrogen and oxygen atoms in total. The number of carbonyl (C=O) groups is 1. The summed E-state index contributed by atoms with van der Waals surface area (Å²) in [5, 5.41) is 8.89. The van der Waals surface area contributed by atoms with Gasteiger partial charge in [-0.1, -0.05) is 25.1 Å². The number of hydrazine groups is 1. The number of ether oxygens (including phenoxy) is 2. The van der Waals surface area contributed by atoms with Gasteiger partial charge in [-0.05, 0) is 56.2 Å². The fourth-order valence-corrected chi connectivity index (χ4v) is 5.05. The molecular formula is C25H33N3O6S. The van der Waals surface area contributed by atoms with Crippen LogP contribution in [0, 0.1) is 0 Å². The molecule has 0 aromatic heterocycles. The van der Waals surface area contributed by atoms with Crippen molar-refractivity contribution in [3.8, 4) is 5.75 Å². The van der Waals surface area contributed by atoms with Crippen LogP contribution in [0.25, 0.3) is 0 Å². The standard InChI is InChI=1S/C25H33N3O6S/c1-3-15-26-28-24(30)25(14-18-35(31,32)22-8-5-4-6-9-22)19(2)34-23(27-25)20-10-12-21(13-11-20)33-17-7-16-29/h4-6,8-13,19,26,29H,3,7,14-18H2,1-2H3,(H,28,30)/t19-,25-/m0/s1. The third-order valence-corrected chi connectivity index (χ3v) is 7.49. The summed E-state index contributed by atoms with van der Waals surface area (Å²) in [6, 6.07) is 15.2. The maximum Gasteiger partial charge on any atom is 0.266 e. The SMILES string of the molecule is CCCNNC(=O)[C@@]1(CCS(=O)(=O)c2ccccc2)N=C(c2ccc(OCCCO)cc2)O[C@H]1C. The summed E-state index contributed by atoms with van der Waals surface area (Å²) in [5.41, 5.74) is 4.76. The van der Waals surface area contributed by atoms with Gasteiger partial charge in [-0.25, -0.2) is 18.8 Å². The topological polar surface area (TPSA) is 126 Å². The molecule has 0 saturated carbocycles. The predicted octanol–water partition coefficient (Wildman–Crippen LogP) is 2.25. The maximum absolute atomic E-state index is 13.3. The third-order valence-electron chi connectivity index (χ3n) is 5.76. The average molecular weight is 504 g/mol. The summed E-state index contributed by atoms with van der Waals surface area (Å²) in [5.74, 6) is 0.193. The zero-order chi connectivity index (χ0) is 25.3. The van der Waals surface area contributed by atoms with Gasteiger partial charge in [0.05, 0.1) is 17.3 Å². The number of benzene rings is 2. The van der Waals surface area contributed by atoms with E-state index in [1.165, 1.54) is 0 Å². The summed E-state index contributed by atoms with van der Waals surface area (Å²) in [6.07, 6.45) is 0.609. The van der Waals surface area contributed by atoms with Crippen molar-refractivity contribution < 1.29 is 27.8 Å². The number of sulfone groups is 1. The predicted molar refractivity (Wildman–Crippen MR) is 133 cm³/mol. The van der Waals surface area contributed by atoms with Gasteiger partial charge < -0.3 is 14.6 Å². The Morgan fingerprint density at radius 2 is 1.89 bits per heavy atom. The number of aliphatic hydroxyl groups excluding tert-OH is 1. The van der Waals surface area contributed by atoms with E-state index in [0.29, 0.717) is 30.9 Å². The molecule has 1 heterocycles. The first-order valence-electron chi connectivity index (χ1n) is 11.7. The van der Waals surface area contributed by atoms with Crippen LogP contribution in [-0.2, 0) is 19.4 Å². The first-order valence-corrected chi connectivity index (χ1v) is 13.4. The molecule has 0 saturated heterocycles. The lowest BCUT2D eigenvalue weighted by molar-refractivity contribution is -0.129. The molecule has 0 fully saturated rings. The Hall–Kier alpha value is -2.95. The van der Waals surface area contributed by atoms with Gasteiger partial charge in [-0.15, -0.1) is 0 Å². The number of carbonyl (C=O) groups excluding carboxylic acids is 1. The smallest absolute Gasteiger partial charge is 0.266 e. The fourth-order valence-electron chi connectivity index (χ4n) is 3.66. The molecule has 2 atom stereocenters. The number of amides is 1. The Balaban J connectivity index is 1.85. The molecule has 0 unspecified atom stereocenters. The van der Waals surface area contributed by atoms with E-state index in [9.17, 15) is 13.2 Å². The molecule has 0 bridgehead atoms. The van der Waals surface area contributed by atoms with Crippen LogP contribution in [-0.4, -0.2) is 62.5 Å². The van der Waals surface area contributed by atoms with Gasteiger partial charge in [0.25, 0.3) is 5.91 Å². The number of rotatable bonds is 13. The van der Waals surface area contributed by atoms with Crippen LogP contribution in [0.15, 0.2) is 64.5 Å². The van der Waals surface area contributed by atoms with Gasteiger partial charge >= 0.3 is 0 Å². The van der Waals surface area contributed by atoms with E-state index in [-0.39, 0.29) is 29.6 Å². The average Bonchev–Trinajstić information content (AvgIpc) is 3.21. The normalized spacial score (nSPS) is 19.6. The number of hydrogen-bond acceptors (Lipinski definition) is 8. The van der Waals surface area contributed by atoms with Crippen LogP contribution < -0.4 is 15.6 Å². The van der Waals surface area contributed by atoms with Crippen LogP contribution in [0.3, 0.4) is 0 Å². The minimum absolute atomic E-state index is 0.0448. The number of nitrogens with one attached hydrogen (secondary N) is 2. The third kappa shape index (κ3) is 6.59. The van der Waals surface area contributed by atoms with Crippen molar-refractivity contribution in [2.45, 2.75) is 49.6 Å². The molecule has 3 N–H and O–H groups in total. The highest BCUT2D eigenvalue weighted by molar-refractivity contribution is 7.91. The first kappa shape index (κ1) is 26.7. The van der Waals surface area contributed by atoms with Crippen LogP contribution in [0.5, 0.6) is 5.75 Å². The largest absolute Gasteiger partial charge is 0.494 e. The number of nitrogens with zero attached hydrogens (tertiary/aromatic N) is 1. The van der Waals surface area contributed by atoms with Crippen molar-refractivity contribution in [3.05, 3.63) is 60.2 Å². The lowest BCUT2D eigenvalue weighted by Gasteiger charge is -2.28. The molecule has 35 heavy (non-hydrogen) atoms. The Labute approximate surface area is 206 Å². The van der Waals surface area contributed by atoms with Gasteiger partial charge in [-0.2, -0.15) is 0 Å². The monoisotopic (exact) mass is 503 g/mol. The van der Waals surface area contributed by atoms with Gasteiger partial charge in [-0.3, -0.25) is 10.2 Å². The van der Waals surface area contributed by atoms with E-state index in [0.717, 1.165) is 6.42 Å². The first-order chi connectivity index (χ1) is 16.8. The molecule has 1 amide bonds. The van der Waals surface area contributed by atoms with Crippen LogP contribution in [0.2, 0.25) is 0 Å². The molecule has 190 valence electrons. The van der Waals surface area contributed by atoms with E-state index < -0.39 is 27.4 Å². The van der Waals surface area contributed by atoms with Crippen LogP contribution >= 0.6 is 0 Å². The quantitative estimate of drug-likeness (QED) is 0.283. The van der Waals surface area contributed by atoms with Crippen molar-refractivity contribution in [2.24, 2.45) is 4.99 Å². The summed E-state index contributed by atoms with van der Waals surface area (Å²) >= 11 is 0. The second kappa shape index (κ2) is 12.1. The van der Waals surface area contributed by atoms with Crippen molar-refractivity contribution >= 4 is 21.6 Å². The van der Waals surface area contributed by atoms with Gasteiger partial charge in [0.2, 0.25) is 5.90 Å². The number of aliphatic hydroxyl groups is 1. The molecule has 0 aliphatic carbocycles. The Kier molecular flexibility index (Phi) is 9.25. The van der Waals surface area contributed by atoms with Crippen LogP contribution in [0.1, 0.15) is 38.7 Å². The molecule has 10 heteroatoms. The fraction of sp³-hybridized carbons (Fsp3) is 0.440. The van der Waals surface area contributed by atoms with Crippen molar-refractivity contribution in [2.75, 3.05) is 25.5 Å². The van der Waals surface area contributed by atoms with E-state index in [4.69, 9.17) is 14.6 Å². The van der Waals surface area contributed by atoms with E-state index in [1.54, 1.807) is 61.5 Å². The molecule has 0 radical (unpaired) electrons. The highest BCUT2D eigenvalue weighted by atomic mass is 32.2. The van der Waals surface area contributed by atoms with Gasteiger partial charge in [0.1, 0.15) is 11.9 Å². The second-order valence-corrected chi connectivity index (χ2v) is 10.4. The summed E-state index contributed by atoms with van der Waals surface area (Å²) < 4.78 is 37.5. The molecule has 3 rings (SSSR count). The number of aliphatic imine (C=N–C) groups is 1. The molecular weight excluding hydrogens is 470 g/mol. The summed E-state index contributed by atoms with van der Waals surface area (Å²) in [4.78, 5) is 18.1. The highest BCUT2D eigenvalue weighted by Gasteiger charge is 2.50. The Morgan fingerprint density at radius 1 is 1.17 bits per heavy atom. The zero-order valence-corrected chi connectivity index (χ0v) is 20.9. The Morgan fingerprint density at radius 3 is 2.54 bits per heavy atom. The molecule has 0 spiro atoms. The minimum atomic E-state index is -3.63. The van der Waals surface area contributed by atoms with Crippen molar-refractivity contribution in [3.63, 3.8) is 0 Å². The Bertz CT molecular complexity index is 1110. The van der Waals surface area contributed by atoms with Crippen molar-refractivity contribution in [1.82, 2.24) is 10.9 Å². The lowest BCUT2D eigenvalue weighted by Crippen LogP contribution is -2.55. The van der Waals surface area contributed by atoms with Crippen molar-refractivity contribution in [1.29, 1.82) is 0 Å². The molecule has 2 aromatic carbocycles. The van der Waals surface area contributed by atoms with E-state index >= 15 is 0 Å². The summed E-state index contributed by atoms with van der Waals surface area (Å²) in [7, 11) is -3.63. The second-order valence-electron chi connectivity index (χ2n) is 8.31. The van der Waals surface area contributed by atoms with E-state index in [1.807, 2.05) is 6.92 Å². The van der Waals surface area contributed by atoms with Gasteiger partial charge in [0.15, 0.2) is 15.4 Å². The number of hydrogen-bond donors (Lipinski definition) is 3. The summed E-state index contributed by atoms with van der Waals surface area (Å²) in [6.45, 7) is 4.70.